The average Bonchev–Trinajstić information content (AvgIpc) is 2.51. The highest BCUT2D eigenvalue weighted by atomic mass is 19.1. The second-order valence-electron chi connectivity index (χ2n) is 5.41. The molecule has 0 spiro atoms. The molecule has 1 heterocycles. The molecule has 0 aliphatic heterocycles. The standard InChI is InChI=1S/C17H15F2NO2/c1-2-9-8-14(10-6-11(18)17(22)12(19)7-10)20-13-4-3-5-15(21)16(9)13/h6-8,22H,2-5H2,1H3. The zero-order chi connectivity index (χ0) is 15.9. The average molecular weight is 303 g/mol. The van der Waals surface area contributed by atoms with E-state index in [-0.39, 0.29) is 11.3 Å². The fourth-order valence-corrected chi connectivity index (χ4v) is 2.86. The third kappa shape index (κ3) is 2.36. The lowest BCUT2D eigenvalue weighted by Crippen LogP contribution is -2.16. The van der Waals surface area contributed by atoms with Gasteiger partial charge in [-0.05, 0) is 43.0 Å². The van der Waals surface area contributed by atoms with E-state index in [2.05, 4.69) is 4.98 Å². The van der Waals surface area contributed by atoms with Crippen molar-refractivity contribution in [1.82, 2.24) is 4.98 Å². The van der Waals surface area contributed by atoms with E-state index in [0.29, 0.717) is 36.2 Å². The molecule has 0 fully saturated rings. The van der Waals surface area contributed by atoms with E-state index in [1.54, 1.807) is 6.07 Å². The largest absolute Gasteiger partial charge is 0.503 e. The minimum absolute atomic E-state index is 0.0835. The number of carbonyl (C=O) groups is 1. The van der Waals surface area contributed by atoms with Gasteiger partial charge in [0, 0.05) is 17.5 Å². The molecule has 0 bridgehead atoms. The number of phenols is 1. The second-order valence-corrected chi connectivity index (χ2v) is 5.41. The van der Waals surface area contributed by atoms with Crippen LogP contribution in [0.2, 0.25) is 0 Å². The number of carbonyl (C=O) groups excluding carboxylic acids is 1. The monoisotopic (exact) mass is 303 g/mol. The number of phenolic OH excluding ortho intramolecular Hbond substituents is 1. The number of hydrogen-bond donors (Lipinski definition) is 1. The quantitative estimate of drug-likeness (QED) is 0.917. The highest BCUT2D eigenvalue weighted by Gasteiger charge is 2.23. The van der Waals surface area contributed by atoms with Crippen molar-refractivity contribution in [2.45, 2.75) is 32.6 Å². The molecule has 1 aliphatic rings. The van der Waals surface area contributed by atoms with Gasteiger partial charge in [0.2, 0.25) is 0 Å². The topological polar surface area (TPSA) is 50.2 Å². The molecular weight excluding hydrogens is 288 g/mol. The van der Waals surface area contributed by atoms with Crippen LogP contribution in [0.5, 0.6) is 5.75 Å². The van der Waals surface area contributed by atoms with Crippen LogP contribution >= 0.6 is 0 Å². The van der Waals surface area contributed by atoms with Crippen LogP contribution < -0.4 is 0 Å². The summed E-state index contributed by atoms with van der Waals surface area (Å²) >= 11 is 0. The molecule has 5 heteroatoms. The Hall–Kier alpha value is -2.30. The molecule has 114 valence electrons. The number of nitrogens with zero attached hydrogens (tertiary/aromatic N) is 1. The Bertz CT molecular complexity index is 731. The summed E-state index contributed by atoms with van der Waals surface area (Å²) in [5.74, 6) is -2.96. The lowest BCUT2D eigenvalue weighted by molar-refractivity contribution is 0.0970. The van der Waals surface area contributed by atoms with Crippen LogP contribution in [0.1, 0.15) is 41.4 Å². The van der Waals surface area contributed by atoms with Gasteiger partial charge in [-0.1, -0.05) is 6.92 Å². The summed E-state index contributed by atoms with van der Waals surface area (Å²) in [4.78, 5) is 16.5. The van der Waals surface area contributed by atoms with Gasteiger partial charge in [-0.15, -0.1) is 0 Å². The molecule has 1 aliphatic carbocycles. The second kappa shape index (κ2) is 5.48. The first-order chi connectivity index (χ1) is 10.5. The summed E-state index contributed by atoms with van der Waals surface area (Å²) in [7, 11) is 0. The van der Waals surface area contributed by atoms with Crippen molar-refractivity contribution in [3.8, 4) is 17.0 Å². The van der Waals surface area contributed by atoms with E-state index in [9.17, 15) is 18.7 Å². The molecule has 0 amide bonds. The van der Waals surface area contributed by atoms with Crippen LogP contribution in [-0.4, -0.2) is 15.9 Å². The van der Waals surface area contributed by atoms with Gasteiger partial charge < -0.3 is 5.11 Å². The van der Waals surface area contributed by atoms with Crippen LogP contribution in [0.4, 0.5) is 8.78 Å². The van der Waals surface area contributed by atoms with E-state index >= 15 is 0 Å². The number of ketones is 1. The Morgan fingerprint density at radius 2 is 1.86 bits per heavy atom. The van der Waals surface area contributed by atoms with Crippen molar-refractivity contribution in [1.29, 1.82) is 0 Å². The van der Waals surface area contributed by atoms with Crippen LogP contribution in [0.15, 0.2) is 18.2 Å². The smallest absolute Gasteiger partial charge is 0.187 e. The Morgan fingerprint density at radius 3 is 2.50 bits per heavy atom. The molecular formula is C17H15F2NO2. The third-order valence-electron chi connectivity index (χ3n) is 3.97. The first-order valence-corrected chi connectivity index (χ1v) is 7.25. The lowest BCUT2D eigenvalue weighted by atomic mass is 9.89. The fraction of sp³-hybridized carbons (Fsp3) is 0.294. The molecule has 0 radical (unpaired) electrons. The molecule has 0 saturated heterocycles. The number of hydrogen-bond acceptors (Lipinski definition) is 3. The summed E-state index contributed by atoms with van der Waals surface area (Å²) in [5, 5.41) is 9.19. The normalized spacial score (nSPS) is 14.0. The lowest BCUT2D eigenvalue weighted by Gasteiger charge is -2.18. The Balaban J connectivity index is 2.19. The van der Waals surface area contributed by atoms with Gasteiger partial charge >= 0.3 is 0 Å². The highest BCUT2D eigenvalue weighted by Crippen LogP contribution is 2.31. The molecule has 1 N–H and O–H groups in total. The molecule has 22 heavy (non-hydrogen) atoms. The van der Waals surface area contributed by atoms with Crippen molar-refractivity contribution < 1.29 is 18.7 Å². The van der Waals surface area contributed by atoms with E-state index in [4.69, 9.17) is 0 Å². The van der Waals surface area contributed by atoms with Gasteiger partial charge in [-0.2, -0.15) is 0 Å². The Labute approximate surface area is 126 Å². The van der Waals surface area contributed by atoms with Crippen molar-refractivity contribution in [3.63, 3.8) is 0 Å². The highest BCUT2D eigenvalue weighted by molar-refractivity contribution is 5.99. The van der Waals surface area contributed by atoms with Crippen LogP contribution in [0.25, 0.3) is 11.3 Å². The number of rotatable bonds is 2. The number of aromatic nitrogens is 1. The zero-order valence-corrected chi connectivity index (χ0v) is 12.1. The van der Waals surface area contributed by atoms with Crippen LogP contribution in [0.3, 0.4) is 0 Å². The van der Waals surface area contributed by atoms with E-state index < -0.39 is 17.4 Å². The number of fused-ring (bicyclic) bond motifs is 1. The fourth-order valence-electron chi connectivity index (χ4n) is 2.86. The first kappa shape index (κ1) is 14.6. The first-order valence-electron chi connectivity index (χ1n) is 7.25. The summed E-state index contributed by atoms with van der Waals surface area (Å²) in [5.41, 5.74) is 2.88. The summed E-state index contributed by atoms with van der Waals surface area (Å²) in [6.07, 6.45) is 2.59. The maximum absolute atomic E-state index is 13.5. The van der Waals surface area contributed by atoms with Crippen molar-refractivity contribution in [2.24, 2.45) is 0 Å². The molecule has 1 aromatic heterocycles. The molecule has 0 saturated carbocycles. The van der Waals surface area contributed by atoms with Crippen molar-refractivity contribution in [2.75, 3.05) is 0 Å². The van der Waals surface area contributed by atoms with Crippen molar-refractivity contribution in [3.05, 3.63) is 46.7 Å². The summed E-state index contributed by atoms with van der Waals surface area (Å²) < 4.78 is 27.1. The van der Waals surface area contributed by atoms with E-state index in [0.717, 1.165) is 24.1 Å². The number of Topliss-reactive ketones (excluding diaryl/α,β-unsaturated/α-hetero) is 1. The molecule has 0 unspecified atom stereocenters. The van der Waals surface area contributed by atoms with Crippen molar-refractivity contribution >= 4 is 5.78 Å². The summed E-state index contributed by atoms with van der Waals surface area (Å²) in [6, 6.07) is 3.81. The van der Waals surface area contributed by atoms with Gasteiger partial charge in [0.05, 0.1) is 11.4 Å². The van der Waals surface area contributed by atoms with Gasteiger partial charge in [0.1, 0.15) is 0 Å². The molecule has 2 aromatic rings. The third-order valence-corrected chi connectivity index (χ3v) is 3.97. The summed E-state index contributed by atoms with van der Waals surface area (Å²) in [6.45, 7) is 1.93. The van der Waals surface area contributed by atoms with Gasteiger partial charge in [-0.3, -0.25) is 9.78 Å². The maximum atomic E-state index is 13.5. The number of pyridine rings is 1. The Kier molecular flexibility index (Phi) is 3.64. The Morgan fingerprint density at radius 1 is 1.18 bits per heavy atom. The number of benzene rings is 1. The number of aromatic hydroxyl groups is 1. The predicted molar refractivity (Wildman–Crippen MR) is 77.9 cm³/mol. The van der Waals surface area contributed by atoms with Gasteiger partial charge in [0.25, 0.3) is 0 Å². The zero-order valence-electron chi connectivity index (χ0n) is 12.1. The van der Waals surface area contributed by atoms with Gasteiger partial charge in [-0.25, -0.2) is 8.78 Å². The number of aryl methyl sites for hydroxylation is 2. The molecule has 1 aromatic carbocycles. The van der Waals surface area contributed by atoms with E-state index in [1.165, 1.54) is 0 Å². The molecule has 3 nitrogen and oxygen atoms in total. The predicted octanol–water partition coefficient (Wildman–Crippen LogP) is 3.81. The number of halogens is 2. The van der Waals surface area contributed by atoms with Gasteiger partial charge in [0.15, 0.2) is 23.2 Å². The molecule has 3 rings (SSSR count). The van der Waals surface area contributed by atoms with Crippen LogP contribution in [-0.2, 0) is 12.8 Å². The van der Waals surface area contributed by atoms with E-state index in [1.807, 2.05) is 6.92 Å². The van der Waals surface area contributed by atoms with Crippen LogP contribution in [0, 0.1) is 11.6 Å². The minimum atomic E-state index is -1.02. The minimum Gasteiger partial charge on any atom is -0.503 e. The SMILES string of the molecule is CCc1cc(-c2cc(F)c(O)c(F)c2)nc2c1C(=O)CCC2. The molecule has 0 atom stereocenters. The maximum Gasteiger partial charge on any atom is 0.187 e.